The number of rotatable bonds is 3. The molecule has 0 spiro atoms. The van der Waals surface area contributed by atoms with Crippen molar-refractivity contribution in [3.63, 3.8) is 0 Å². The van der Waals surface area contributed by atoms with E-state index in [-0.39, 0.29) is 17.4 Å². The molecule has 0 fully saturated rings. The van der Waals surface area contributed by atoms with Crippen molar-refractivity contribution < 1.29 is 14.3 Å². The molecular formula is C18H16FNO2. The molecule has 0 aliphatic heterocycles. The molecule has 112 valence electrons. The van der Waals surface area contributed by atoms with Gasteiger partial charge in [0.2, 0.25) is 0 Å². The first-order chi connectivity index (χ1) is 10.5. The molecular weight excluding hydrogens is 281 g/mol. The lowest BCUT2D eigenvalue weighted by molar-refractivity contribution is 0.0692. The van der Waals surface area contributed by atoms with Gasteiger partial charge in [0.25, 0.3) is 0 Å². The lowest BCUT2D eigenvalue weighted by Crippen LogP contribution is -1.99. The molecule has 3 aromatic rings. The summed E-state index contributed by atoms with van der Waals surface area (Å²) >= 11 is 0. The second kappa shape index (κ2) is 5.30. The molecule has 0 radical (unpaired) electrons. The van der Waals surface area contributed by atoms with E-state index in [1.54, 1.807) is 12.1 Å². The lowest BCUT2D eigenvalue weighted by atomic mass is 9.97. The second-order valence-corrected chi connectivity index (χ2v) is 5.61. The monoisotopic (exact) mass is 297 g/mol. The minimum absolute atomic E-state index is 0.134. The largest absolute Gasteiger partial charge is 0.477 e. The fourth-order valence-electron chi connectivity index (χ4n) is 2.80. The Kier molecular flexibility index (Phi) is 3.45. The molecule has 0 saturated carbocycles. The summed E-state index contributed by atoms with van der Waals surface area (Å²) in [6, 6.07) is 11.7. The molecule has 0 aliphatic carbocycles. The molecule has 0 amide bonds. The van der Waals surface area contributed by atoms with Crippen molar-refractivity contribution >= 4 is 16.9 Å². The van der Waals surface area contributed by atoms with Crippen LogP contribution in [0.2, 0.25) is 0 Å². The maximum Gasteiger partial charge on any atom is 0.352 e. The van der Waals surface area contributed by atoms with Crippen molar-refractivity contribution in [1.29, 1.82) is 0 Å². The summed E-state index contributed by atoms with van der Waals surface area (Å²) in [6.07, 6.45) is 0. The van der Waals surface area contributed by atoms with Crippen LogP contribution in [-0.2, 0) is 0 Å². The number of aromatic nitrogens is 1. The van der Waals surface area contributed by atoms with Crippen molar-refractivity contribution in [2.24, 2.45) is 0 Å². The number of aromatic carboxylic acids is 1. The number of hydrogen-bond acceptors (Lipinski definition) is 1. The van der Waals surface area contributed by atoms with Crippen LogP contribution in [-0.4, -0.2) is 16.1 Å². The third-order valence-electron chi connectivity index (χ3n) is 3.83. The molecule has 3 nitrogen and oxygen atoms in total. The Bertz CT molecular complexity index is 847. The summed E-state index contributed by atoms with van der Waals surface area (Å²) in [5.74, 6) is -1.10. The minimum atomic E-state index is -1.02. The van der Waals surface area contributed by atoms with Gasteiger partial charge in [-0.15, -0.1) is 0 Å². The van der Waals surface area contributed by atoms with Crippen LogP contribution in [0, 0.1) is 5.82 Å². The van der Waals surface area contributed by atoms with E-state index in [2.05, 4.69) is 18.8 Å². The van der Waals surface area contributed by atoms with Crippen LogP contribution in [0.5, 0.6) is 0 Å². The molecule has 3 rings (SSSR count). The van der Waals surface area contributed by atoms with E-state index in [4.69, 9.17) is 0 Å². The van der Waals surface area contributed by atoms with Gasteiger partial charge in [-0.2, -0.15) is 0 Å². The first kappa shape index (κ1) is 14.3. The fraction of sp³-hybridized carbons (Fsp3) is 0.167. The van der Waals surface area contributed by atoms with Gasteiger partial charge in [-0.25, -0.2) is 9.18 Å². The fourth-order valence-corrected chi connectivity index (χ4v) is 2.80. The molecule has 0 bridgehead atoms. The van der Waals surface area contributed by atoms with Gasteiger partial charge in [0.15, 0.2) is 0 Å². The molecule has 1 aromatic heterocycles. The normalized spacial score (nSPS) is 11.3. The summed E-state index contributed by atoms with van der Waals surface area (Å²) in [7, 11) is 0. The minimum Gasteiger partial charge on any atom is -0.477 e. The number of H-pyrrole nitrogens is 1. The van der Waals surface area contributed by atoms with Crippen LogP contribution in [0.3, 0.4) is 0 Å². The van der Waals surface area contributed by atoms with Crippen molar-refractivity contribution in [3.05, 3.63) is 59.5 Å². The van der Waals surface area contributed by atoms with E-state index >= 15 is 0 Å². The Labute approximate surface area is 127 Å². The van der Waals surface area contributed by atoms with Crippen LogP contribution >= 0.6 is 0 Å². The quantitative estimate of drug-likeness (QED) is 0.730. The Morgan fingerprint density at radius 2 is 1.82 bits per heavy atom. The van der Waals surface area contributed by atoms with E-state index in [0.29, 0.717) is 11.1 Å². The van der Waals surface area contributed by atoms with Gasteiger partial charge in [-0.3, -0.25) is 0 Å². The zero-order valence-electron chi connectivity index (χ0n) is 12.4. The number of carbonyl (C=O) groups is 1. The summed E-state index contributed by atoms with van der Waals surface area (Å²) < 4.78 is 13.1. The highest BCUT2D eigenvalue weighted by Crippen LogP contribution is 2.36. The Morgan fingerprint density at radius 3 is 2.41 bits per heavy atom. The number of fused-ring (bicyclic) bond motifs is 1. The smallest absolute Gasteiger partial charge is 0.352 e. The van der Waals surface area contributed by atoms with Crippen molar-refractivity contribution in [3.8, 4) is 11.1 Å². The standard InChI is InChI=1S/C18H16FNO2/c1-10(2)13-4-3-5-14-15(11-6-8-12(19)9-7-11)17(18(21)22)20-16(13)14/h3-10,20H,1-2H3,(H,21,22). The average molecular weight is 297 g/mol. The zero-order chi connectivity index (χ0) is 15.9. The number of carboxylic acids is 1. The van der Waals surface area contributed by atoms with E-state index in [0.717, 1.165) is 16.5 Å². The molecule has 0 aliphatic rings. The molecule has 22 heavy (non-hydrogen) atoms. The van der Waals surface area contributed by atoms with E-state index in [1.165, 1.54) is 12.1 Å². The highest BCUT2D eigenvalue weighted by molar-refractivity contribution is 6.08. The lowest BCUT2D eigenvalue weighted by Gasteiger charge is -2.07. The van der Waals surface area contributed by atoms with E-state index in [1.807, 2.05) is 18.2 Å². The van der Waals surface area contributed by atoms with Crippen LogP contribution in [0.4, 0.5) is 4.39 Å². The van der Waals surface area contributed by atoms with Crippen LogP contribution < -0.4 is 0 Å². The number of benzene rings is 2. The SMILES string of the molecule is CC(C)c1cccc2c(-c3ccc(F)cc3)c(C(=O)O)[nH]c12. The van der Waals surface area contributed by atoms with E-state index < -0.39 is 5.97 Å². The number of hydrogen-bond donors (Lipinski definition) is 2. The molecule has 0 saturated heterocycles. The van der Waals surface area contributed by atoms with Crippen LogP contribution in [0.25, 0.3) is 22.0 Å². The van der Waals surface area contributed by atoms with Crippen molar-refractivity contribution in [2.75, 3.05) is 0 Å². The maximum absolute atomic E-state index is 13.1. The predicted molar refractivity (Wildman–Crippen MR) is 84.7 cm³/mol. The number of nitrogens with one attached hydrogen (secondary N) is 1. The van der Waals surface area contributed by atoms with Gasteiger partial charge < -0.3 is 10.1 Å². The first-order valence-electron chi connectivity index (χ1n) is 7.13. The first-order valence-corrected chi connectivity index (χ1v) is 7.13. The Morgan fingerprint density at radius 1 is 1.14 bits per heavy atom. The zero-order valence-corrected chi connectivity index (χ0v) is 12.4. The van der Waals surface area contributed by atoms with Gasteiger partial charge in [-0.1, -0.05) is 44.2 Å². The molecule has 2 N–H and O–H groups in total. The van der Waals surface area contributed by atoms with E-state index in [9.17, 15) is 14.3 Å². The van der Waals surface area contributed by atoms with Gasteiger partial charge in [0.05, 0.1) is 5.52 Å². The highest BCUT2D eigenvalue weighted by Gasteiger charge is 2.20. The van der Waals surface area contributed by atoms with Gasteiger partial charge >= 0.3 is 5.97 Å². The number of aromatic amines is 1. The molecule has 4 heteroatoms. The molecule has 0 atom stereocenters. The summed E-state index contributed by atoms with van der Waals surface area (Å²) in [5, 5.41) is 10.3. The van der Waals surface area contributed by atoms with Gasteiger partial charge in [-0.05, 0) is 29.2 Å². The van der Waals surface area contributed by atoms with Crippen LogP contribution in [0.15, 0.2) is 42.5 Å². The predicted octanol–water partition coefficient (Wildman–Crippen LogP) is 4.80. The third-order valence-corrected chi connectivity index (χ3v) is 3.83. The average Bonchev–Trinajstić information content (AvgIpc) is 2.87. The Hall–Kier alpha value is -2.62. The van der Waals surface area contributed by atoms with Gasteiger partial charge in [0.1, 0.15) is 11.5 Å². The topological polar surface area (TPSA) is 53.1 Å². The number of halogens is 1. The number of carboxylic acid groups (broad SMARTS) is 1. The Balaban J connectivity index is 2.36. The summed E-state index contributed by atoms with van der Waals surface area (Å²) in [6.45, 7) is 4.13. The number of para-hydroxylation sites is 1. The maximum atomic E-state index is 13.1. The van der Waals surface area contributed by atoms with Crippen molar-refractivity contribution in [2.45, 2.75) is 19.8 Å². The highest BCUT2D eigenvalue weighted by atomic mass is 19.1. The second-order valence-electron chi connectivity index (χ2n) is 5.61. The van der Waals surface area contributed by atoms with Gasteiger partial charge in [0, 0.05) is 10.9 Å². The summed E-state index contributed by atoms with van der Waals surface area (Å²) in [5.41, 5.74) is 3.31. The molecule has 0 unspecified atom stereocenters. The van der Waals surface area contributed by atoms with Crippen molar-refractivity contribution in [1.82, 2.24) is 4.98 Å². The van der Waals surface area contributed by atoms with Crippen LogP contribution in [0.1, 0.15) is 35.8 Å². The molecule has 2 aromatic carbocycles. The molecule has 1 heterocycles. The summed E-state index contributed by atoms with van der Waals surface area (Å²) in [4.78, 5) is 14.6. The third kappa shape index (κ3) is 2.26.